The number of nitrogens with one attached hydrogen (secondary N) is 1. The molecule has 21 heavy (non-hydrogen) atoms. The summed E-state index contributed by atoms with van der Waals surface area (Å²) < 4.78 is 0. The lowest BCUT2D eigenvalue weighted by molar-refractivity contribution is -0.901. The third kappa shape index (κ3) is 3.70. The molecule has 1 fully saturated rings. The highest BCUT2D eigenvalue weighted by molar-refractivity contribution is 5.85. The molecule has 0 amide bonds. The number of hydrogen-bond donors (Lipinski definition) is 2. The molecule has 0 spiro atoms. The molecule has 1 aliphatic rings. The summed E-state index contributed by atoms with van der Waals surface area (Å²) in [6.07, 6.45) is 4.42. The second-order valence-electron chi connectivity index (χ2n) is 5.62. The Morgan fingerprint density at radius 3 is 2.43 bits per heavy atom. The van der Waals surface area contributed by atoms with Gasteiger partial charge in [-0.05, 0) is 24.3 Å². The molecule has 3 rings (SSSR count). The van der Waals surface area contributed by atoms with Gasteiger partial charge >= 0.3 is 0 Å². The Balaban J connectivity index is 1.65. The van der Waals surface area contributed by atoms with Crippen LogP contribution < -0.4 is 4.90 Å². The van der Waals surface area contributed by atoms with Crippen molar-refractivity contribution in [2.75, 3.05) is 13.1 Å². The molecule has 0 radical (unpaired) electrons. The fourth-order valence-electron chi connectivity index (χ4n) is 2.78. The number of nitrogens with zero attached hydrogens (tertiary/aromatic N) is 1. The molecule has 0 unspecified atom stereocenters. The van der Waals surface area contributed by atoms with Crippen LogP contribution in [0.2, 0.25) is 0 Å². The van der Waals surface area contributed by atoms with E-state index in [4.69, 9.17) is 0 Å². The zero-order valence-electron chi connectivity index (χ0n) is 12.1. The van der Waals surface area contributed by atoms with Gasteiger partial charge in [-0.25, -0.2) is 0 Å². The van der Waals surface area contributed by atoms with Crippen LogP contribution in [0, 0.1) is 0 Å². The van der Waals surface area contributed by atoms with Crippen LogP contribution in [0.5, 0.6) is 5.75 Å². The Kier molecular flexibility index (Phi) is 4.31. The van der Waals surface area contributed by atoms with E-state index in [1.54, 1.807) is 17.2 Å². The van der Waals surface area contributed by atoms with Crippen LogP contribution >= 0.6 is 0 Å². The van der Waals surface area contributed by atoms with Crippen molar-refractivity contribution < 1.29 is 10.0 Å². The van der Waals surface area contributed by atoms with E-state index in [0.717, 1.165) is 17.8 Å². The van der Waals surface area contributed by atoms with Crippen LogP contribution in [0.3, 0.4) is 0 Å². The molecular formula is C18H21N2O+. The molecule has 2 N–H and O–H groups in total. The molecule has 1 saturated heterocycles. The average Bonchev–Trinajstić information content (AvgIpc) is 3.01. The number of quaternary nitrogens is 1. The van der Waals surface area contributed by atoms with E-state index >= 15 is 0 Å². The monoisotopic (exact) mass is 281 g/mol. The number of hydrogen-bond acceptors (Lipinski definition) is 2. The zero-order chi connectivity index (χ0) is 14.5. The molecular weight excluding hydrogens is 260 g/mol. The van der Waals surface area contributed by atoms with Gasteiger partial charge in [0.25, 0.3) is 0 Å². The predicted octanol–water partition coefficient (Wildman–Crippen LogP) is 2.32. The van der Waals surface area contributed by atoms with Gasteiger partial charge in [0, 0.05) is 30.2 Å². The molecule has 2 aromatic rings. The average molecular weight is 281 g/mol. The number of likely N-dealkylation sites (tertiary alicyclic amines) is 1. The Labute approximate surface area is 125 Å². The van der Waals surface area contributed by atoms with Crippen molar-refractivity contribution in [2.24, 2.45) is 4.99 Å². The van der Waals surface area contributed by atoms with Crippen molar-refractivity contribution >= 4 is 11.9 Å². The third-order valence-electron chi connectivity index (χ3n) is 3.99. The maximum atomic E-state index is 9.70. The first-order chi connectivity index (χ1) is 10.3. The third-order valence-corrected chi connectivity index (χ3v) is 3.99. The summed E-state index contributed by atoms with van der Waals surface area (Å²) in [5, 5.41) is 9.70. The number of aliphatic imine (C=N–C) groups is 1. The maximum absolute atomic E-state index is 9.70. The van der Waals surface area contributed by atoms with E-state index in [9.17, 15) is 5.11 Å². The van der Waals surface area contributed by atoms with Gasteiger partial charge in [-0.3, -0.25) is 4.99 Å². The molecule has 0 saturated carbocycles. The van der Waals surface area contributed by atoms with Gasteiger partial charge in [0.15, 0.2) is 0 Å². The lowest BCUT2D eigenvalue weighted by Gasteiger charge is -2.11. The van der Waals surface area contributed by atoms with Crippen LogP contribution in [0.1, 0.15) is 24.0 Å². The molecule has 3 nitrogen and oxygen atoms in total. The number of phenols is 1. The zero-order valence-corrected chi connectivity index (χ0v) is 12.1. The van der Waals surface area contributed by atoms with Crippen LogP contribution in [-0.4, -0.2) is 24.4 Å². The predicted molar refractivity (Wildman–Crippen MR) is 85.4 cm³/mol. The Bertz CT molecular complexity index is 613. The smallest absolute Gasteiger partial charge is 0.124 e. The second kappa shape index (κ2) is 6.55. The van der Waals surface area contributed by atoms with E-state index in [0.29, 0.717) is 0 Å². The molecule has 0 aliphatic carbocycles. The Morgan fingerprint density at radius 1 is 1.00 bits per heavy atom. The first-order valence-corrected chi connectivity index (χ1v) is 7.56. The van der Waals surface area contributed by atoms with Gasteiger partial charge in [-0.15, -0.1) is 0 Å². The molecule has 0 bridgehead atoms. The maximum Gasteiger partial charge on any atom is 0.124 e. The highest BCUT2D eigenvalue weighted by Crippen LogP contribution is 2.16. The van der Waals surface area contributed by atoms with E-state index in [-0.39, 0.29) is 5.75 Å². The van der Waals surface area contributed by atoms with Gasteiger partial charge < -0.3 is 10.0 Å². The van der Waals surface area contributed by atoms with Crippen molar-refractivity contribution in [3.8, 4) is 5.75 Å². The van der Waals surface area contributed by atoms with Crippen molar-refractivity contribution in [3.63, 3.8) is 0 Å². The summed E-state index contributed by atoms with van der Waals surface area (Å²) in [5.74, 6) is 0.260. The summed E-state index contributed by atoms with van der Waals surface area (Å²) in [4.78, 5) is 6.10. The van der Waals surface area contributed by atoms with Gasteiger partial charge in [-0.2, -0.15) is 0 Å². The van der Waals surface area contributed by atoms with Crippen LogP contribution in [0.25, 0.3) is 0 Å². The standard InChI is InChI=1S/C18H20N2O/c21-18-6-2-1-5-16(18)13-19-17-9-7-15(8-10-17)14-20-11-3-4-12-20/h1-2,5-10,13,21H,3-4,11-12,14H2/p+1. The lowest BCUT2D eigenvalue weighted by Crippen LogP contribution is -3.08. The fourth-order valence-corrected chi connectivity index (χ4v) is 2.78. The summed E-state index contributed by atoms with van der Waals surface area (Å²) in [7, 11) is 0. The van der Waals surface area contributed by atoms with Crippen molar-refractivity contribution in [2.45, 2.75) is 19.4 Å². The Morgan fingerprint density at radius 2 is 1.71 bits per heavy atom. The van der Waals surface area contributed by atoms with Crippen molar-refractivity contribution in [1.82, 2.24) is 0 Å². The van der Waals surface area contributed by atoms with Crippen molar-refractivity contribution in [3.05, 3.63) is 59.7 Å². The molecule has 108 valence electrons. The Hall–Kier alpha value is -2.13. The van der Waals surface area contributed by atoms with Crippen LogP contribution in [-0.2, 0) is 6.54 Å². The normalized spacial score (nSPS) is 15.8. The van der Waals surface area contributed by atoms with Gasteiger partial charge in [0.1, 0.15) is 12.3 Å². The molecule has 3 heteroatoms. The van der Waals surface area contributed by atoms with E-state index in [2.05, 4.69) is 17.1 Å². The minimum Gasteiger partial charge on any atom is -0.507 e. The van der Waals surface area contributed by atoms with Crippen LogP contribution in [0.4, 0.5) is 5.69 Å². The topological polar surface area (TPSA) is 37.0 Å². The van der Waals surface area contributed by atoms with E-state index < -0.39 is 0 Å². The summed E-state index contributed by atoms with van der Waals surface area (Å²) >= 11 is 0. The number of para-hydroxylation sites is 1. The summed E-state index contributed by atoms with van der Waals surface area (Å²) in [6.45, 7) is 3.71. The number of aromatic hydroxyl groups is 1. The van der Waals surface area contributed by atoms with Crippen LogP contribution in [0.15, 0.2) is 53.5 Å². The first kappa shape index (κ1) is 13.8. The largest absolute Gasteiger partial charge is 0.507 e. The van der Waals surface area contributed by atoms with Gasteiger partial charge in [0.2, 0.25) is 0 Å². The number of benzene rings is 2. The van der Waals surface area contributed by atoms with Crippen molar-refractivity contribution in [1.29, 1.82) is 0 Å². The molecule has 2 aromatic carbocycles. The lowest BCUT2D eigenvalue weighted by atomic mass is 10.2. The van der Waals surface area contributed by atoms with E-state index in [1.807, 2.05) is 30.3 Å². The molecule has 1 heterocycles. The highest BCUT2D eigenvalue weighted by atomic mass is 16.3. The minimum atomic E-state index is 0.260. The fraction of sp³-hybridized carbons (Fsp3) is 0.278. The molecule has 1 aliphatic heterocycles. The first-order valence-electron chi connectivity index (χ1n) is 7.56. The quantitative estimate of drug-likeness (QED) is 0.829. The highest BCUT2D eigenvalue weighted by Gasteiger charge is 2.15. The van der Waals surface area contributed by atoms with Gasteiger partial charge in [0.05, 0.1) is 18.8 Å². The second-order valence-corrected chi connectivity index (χ2v) is 5.62. The number of phenolic OH excluding ortho intramolecular Hbond substituents is 1. The molecule has 0 atom stereocenters. The SMILES string of the molecule is Oc1ccccc1C=Nc1ccc(C[NH+]2CCCC2)cc1. The van der Waals surface area contributed by atoms with E-state index in [1.165, 1.54) is 31.5 Å². The minimum absolute atomic E-state index is 0.260. The summed E-state index contributed by atoms with van der Waals surface area (Å²) in [6, 6.07) is 15.6. The van der Waals surface area contributed by atoms with Gasteiger partial charge in [-0.1, -0.05) is 24.3 Å². The molecule has 0 aromatic heterocycles. The summed E-state index contributed by atoms with van der Waals surface area (Å²) in [5.41, 5.74) is 3.02. The number of rotatable bonds is 4.